The number of carbonyl (C=O) groups is 1. The predicted molar refractivity (Wildman–Crippen MR) is 98.7 cm³/mol. The Morgan fingerprint density at radius 1 is 1.07 bits per heavy atom. The first-order valence-electron chi connectivity index (χ1n) is 8.44. The van der Waals surface area contributed by atoms with Crippen molar-refractivity contribution < 1.29 is 14.3 Å². The molecule has 4 heterocycles. The van der Waals surface area contributed by atoms with Crippen LogP contribution >= 0.6 is 0 Å². The van der Waals surface area contributed by atoms with Gasteiger partial charge in [0.25, 0.3) is 0 Å². The molecule has 0 N–H and O–H groups in total. The zero-order valence-corrected chi connectivity index (χ0v) is 15.2. The van der Waals surface area contributed by atoms with Gasteiger partial charge in [0.2, 0.25) is 0 Å². The molecule has 0 unspecified atom stereocenters. The van der Waals surface area contributed by atoms with Crippen LogP contribution < -0.4 is 9.47 Å². The molecule has 0 aliphatic heterocycles. The number of rotatable bonds is 6. The second-order valence-corrected chi connectivity index (χ2v) is 6.01. The Balaban J connectivity index is 1.63. The first kappa shape index (κ1) is 17.5. The fourth-order valence-corrected chi connectivity index (χ4v) is 2.64. The molecule has 9 nitrogen and oxygen atoms in total. The molecule has 4 aromatic heterocycles. The maximum Gasteiger partial charge on any atom is 0.172 e. The first-order chi connectivity index (χ1) is 13.6. The van der Waals surface area contributed by atoms with Crippen molar-refractivity contribution in [3.8, 4) is 17.2 Å². The van der Waals surface area contributed by atoms with E-state index in [2.05, 4.69) is 25.1 Å². The smallest absolute Gasteiger partial charge is 0.172 e. The van der Waals surface area contributed by atoms with Gasteiger partial charge in [0.1, 0.15) is 23.7 Å². The Labute approximate surface area is 160 Å². The lowest BCUT2D eigenvalue weighted by atomic mass is 10.1. The van der Waals surface area contributed by atoms with E-state index in [1.165, 1.54) is 6.33 Å². The average Bonchev–Trinajstić information content (AvgIpc) is 3.18. The van der Waals surface area contributed by atoms with Gasteiger partial charge in [-0.05, 0) is 25.1 Å². The third-order valence-corrected chi connectivity index (χ3v) is 4.04. The van der Waals surface area contributed by atoms with Crippen molar-refractivity contribution in [2.45, 2.75) is 13.3 Å². The molecule has 0 radical (unpaired) electrons. The molecule has 0 fully saturated rings. The van der Waals surface area contributed by atoms with Crippen LogP contribution in [0, 0.1) is 6.92 Å². The number of aryl methyl sites for hydroxylation is 1. The number of nitrogens with zero attached hydrogens (tertiary/aromatic N) is 6. The number of methoxy groups -OCH3 is 1. The molecule has 0 atom stereocenters. The van der Waals surface area contributed by atoms with Gasteiger partial charge in [-0.1, -0.05) is 0 Å². The molecule has 4 rings (SSSR count). The van der Waals surface area contributed by atoms with Crippen molar-refractivity contribution in [3.05, 3.63) is 66.4 Å². The molecule has 0 amide bonds. The molecule has 9 heteroatoms. The second-order valence-electron chi connectivity index (χ2n) is 6.01. The minimum atomic E-state index is -0.152. The Hall–Kier alpha value is -3.88. The van der Waals surface area contributed by atoms with Gasteiger partial charge < -0.3 is 9.47 Å². The van der Waals surface area contributed by atoms with Crippen LogP contribution in [0.3, 0.4) is 0 Å². The first-order valence-corrected chi connectivity index (χ1v) is 8.44. The van der Waals surface area contributed by atoms with Crippen molar-refractivity contribution >= 4 is 11.4 Å². The van der Waals surface area contributed by atoms with Crippen molar-refractivity contribution in [2.24, 2.45) is 0 Å². The molecule has 28 heavy (non-hydrogen) atoms. The Morgan fingerprint density at radius 2 is 1.86 bits per heavy atom. The number of carbonyl (C=O) groups excluding carboxylic acids is 1. The van der Waals surface area contributed by atoms with E-state index in [4.69, 9.17) is 9.47 Å². The highest BCUT2D eigenvalue weighted by molar-refractivity contribution is 6.02. The number of hydrogen-bond donors (Lipinski definition) is 0. The van der Waals surface area contributed by atoms with Gasteiger partial charge in [-0.2, -0.15) is 0 Å². The summed E-state index contributed by atoms with van der Waals surface area (Å²) in [5.41, 5.74) is 1.47. The maximum atomic E-state index is 12.9. The minimum absolute atomic E-state index is 0.115. The molecule has 0 aromatic carbocycles. The predicted octanol–water partition coefficient (Wildman–Crippen LogP) is 2.45. The van der Waals surface area contributed by atoms with E-state index in [1.54, 1.807) is 61.4 Å². The standard InChI is InChI=1S/C19H16N6O3/c1-12-20-8-16(9-21-12)28-15-6-17(19-24-23-11-25(19)10-15)18(26)5-13-3-4-14(27-2)7-22-13/h3-4,6-11H,5H2,1-2H3. The largest absolute Gasteiger partial charge is 0.495 e. The van der Waals surface area contributed by atoms with Gasteiger partial charge in [-0.15, -0.1) is 10.2 Å². The van der Waals surface area contributed by atoms with Crippen molar-refractivity contribution in [1.29, 1.82) is 0 Å². The SMILES string of the molecule is COc1ccc(CC(=O)c2cc(Oc3cnc(C)nc3)cn3cnnc23)nc1. The quantitative estimate of drug-likeness (QED) is 0.473. The van der Waals surface area contributed by atoms with E-state index in [1.807, 2.05) is 0 Å². The minimum Gasteiger partial charge on any atom is -0.495 e. The fraction of sp³-hybridized carbons (Fsp3) is 0.158. The van der Waals surface area contributed by atoms with Crippen molar-refractivity contribution in [3.63, 3.8) is 0 Å². The van der Waals surface area contributed by atoms with E-state index < -0.39 is 0 Å². The van der Waals surface area contributed by atoms with Crippen LogP contribution in [0.25, 0.3) is 5.65 Å². The van der Waals surface area contributed by atoms with Gasteiger partial charge in [-0.25, -0.2) is 9.97 Å². The highest BCUT2D eigenvalue weighted by atomic mass is 16.5. The van der Waals surface area contributed by atoms with Crippen LogP contribution in [0.2, 0.25) is 0 Å². The average molecular weight is 376 g/mol. The van der Waals surface area contributed by atoms with Crippen LogP contribution in [-0.4, -0.2) is 42.4 Å². The number of aromatic nitrogens is 6. The van der Waals surface area contributed by atoms with Crippen LogP contribution in [0.1, 0.15) is 21.9 Å². The van der Waals surface area contributed by atoms with Gasteiger partial charge in [-0.3, -0.25) is 14.2 Å². The summed E-state index contributed by atoms with van der Waals surface area (Å²) in [4.78, 5) is 25.3. The van der Waals surface area contributed by atoms with Crippen LogP contribution in [0.5, 0.6) is 17.2 Å². The monoisotopic (exact) mass is 376 g/mol. The third kappa shape index (κ3) is 3.63. The highest BCUT2D eigenvalue weighted by Crippen LogP contribution is 2.24. The lowest BCUT2D eigenvalue weighted by molar-refractivity contribution is 0.0992. The zero-order chi connectivity index (χ0) is 19.5. The molecule has 4 aromatic rings. The molecule has 0 bridgehead atoms. The Morgan fingerprint density at radius 3 is 2.57 bits per heavy atom. The number of fused-ring (bicyclic) bond motifs is 1. The molecule has 0 aliphatic rings. The molecular weight excluding hydrogens is 360 g/mol. The van der Waals surface area contributed by atoms with Crippen LogP contribution in [-0.2, 0) is 6.42 Å². The lowest BCUT2D eigenvalue weighted by Crippen LogP contribution is -2.08. The van der Waals surface area contributed by atoms with Crippen molar-refractivity contribution in [1.82, 2.24) is 29.5 Å². The summed E-state index contributed by atoms with van der Waals surface area (Å²) in [6.45, 7) is 1.79. The second kappa shape index (κ2) is 7.39. The van der Waals surface area contributed by atoms with Gasteiger partial charge in [0.15, 0.2) is 17.2 Å². The van der Waals surface area contributed by atoms with Crippen LogP contribution in [0.4, 0.5) is 0 Å². The number of hydrogen-bond acceptors (Lipinski definition) is 8. The third-order valence-electron chi connectivity index (χ3n) is 4.04. The molecule has 0 aliphatic carbocycles. The Bertz CT molecular complexity index is 1120. The van der Waals surface area contributed by atoms with E-state index in [-0.39, 0.29) is 12.2 Å². The normalized spacial score (nSPS) is 10.8. The summed E-state index contributed by atoms with van der Waals surface area (Å²) in [6.07, 6.45) is 8.03. The van der Waals surface area contributed by atoms with Crippen LogP contribution in [0.15, 0.2) is 49.3 Å². The summed E-state index contributed by atoms with van der Waals surface area (Å²) in [6, 6.07) is 5.15. The summed E-state index contributed by atoms with van der Waals surface area (Å²) in [7, 11) is 1.56. The Kier molecular flexibility index (Phi) is 4.63. The molecule has 140 valence electrons. The zero-order valence-electron chi connectivity index (χ0n) is 15.2. The molecule has 0 spiro atoms. The molecular formula is C19H16N6O3. The van der Waals surface area contributed by atoms with E-state index >= 15 is 0 Å². The molecule has 0 saturated carbocycles. The maximum absolute atomic E-state index is 12.9. The van der Waals surface area contributed by atoms with E-state index in [9.17, 15) is 4.79 Å². The summed E-state index contributed by atoms with van der Waals surface area (Å²) in [5.74, 6) is 2.04. The van der Waals surface area contributed by atoms with Crippen molar-refractivity contribution in [2.75, 3.05) is 7.11 Å². The highest BCUT2D eigenvalue weighted by Gasteiger charge is 2.16. The summed E-state index contributed by atoms with van der Waals surface area (Å²) in [5, 5.41) is 7.92. The lowest BCUT2D eigenvalue weighted by Gasteiger charge is -2.09. The topological polar surface area (TPSA) is 104 Å². The number of Topliss-reactive ketones (excluding diaryl/α,β-unsaturated/α-hetero) is 1. The van der Waals surface area contributed by atoms with E-state index in [0.717, 1.165) is 0 Å². The van der Waals surface area contributed by atoms with Gasteiger partial charge >= 0.3 is 0 Å². The van der Waals surface area contributed by atoms with Gasteiger partial charge in [0, 0.05) is 5.69 Å². The number of pyridine rings is 2. The molecule has 0 saturated heterocycles. The van der Waals surface area contributed by atoms with E-state index in [0.29, 0.717) is 40.0 Å². The summed E-state index contributed by atoms with van der Waals surface area (Å²) >= 11 is 0. The number of ketones is 1. The number of ether oxygens (including phenoxy) is 2. The summed E-state index contributed by atoms with van der Waals surface area (Å²) < 4.78 is 12.5. The van der Waals surface area contributed by atoms with Gasteiger partial charge in [0.05, 0.1) is 43.9 Å². The fourth-order valence-electron chi connectivity index (χ4n) is 2.64.